The SMILES string of the molecule is O=C(COc1ccc(Cl)cc1)NNC(=S)NCc1ccc(F)cc1. The van der Waals surface area contributed by atoms with Crippen molar-refractivity contribution in [1.82, 2.24) is 16.2 Å². The summed E-state index contributed by atoms with van der Waals surface area (Å²) in [5.41, 5.74) is 5.82. The molecule has 0 aromatic heterocycles. The van der Waals surface area contributed by atoms with Gasteiger partial charge >= 0.3 is 0 Å². The molecule has 2 aromatic carbocycles. The molecule has 2 aromatic rings. The van der Waals surface area contributed by atoms with Crippen molar-refractivity contribution in [3.05, 3.63) is 64.9 Å². The van der Waals surface area contributed by atoms with Crippen LogP contribution in [0.5, 0.6) is 5.75 Å². The Bertz CT molecular complexity index is 634. The Morgan fingerprint density at radius 1 is 1.08 bits per heavy atom. The Morgan fingerprint density at radius 2 is 1.75 bits per heavy atom. The number of hydrogen-bond acceptors (Lipinski definition) is 3. The molecular weight excluding hydrogens is 353 g/mol. The van der Waals surface area contributed by atoms with Gasteiger partial charge in [0.2, 0.25) is 0 Å². The first-order valence-electron chi connectivity index (χ1n) is 6.98. The second kappa shape index (κ2) is 9.05. The summed E-state index contributed by atoms with van der Waals surface area (Å²) in [4.78, 5) is 11.6. The zero-order valence-electron chi connectivity index (χ0n) is 12.5. The average molecular weight is 368 g/mol. The van der Waals surface area contributed by atoms with E-state index in [0.717, 1.165) is 5.56 Å². The van der Waals surface area contributed by atoms with Gasteiger partial charge in [-0.25, -0.2) is 4.39 Å². The number of hydrazine groups is 1. The zero-order chi connectivity index (χ0) is 17.4. The molecule has 0 aliphatic carbocycles. The number of nitrogens with one attached hydrogen (secondary N) is 3. The number of carbonyl (C=O) groups is 1. The molecule has 0 aliphatic rings. The van der Waals surface area contributed by atoms with Gasteiger partial charge in [-0.05, 0) is 54.2 Å². The van der Waals surface area contributed by atoms with Crippen LogP contribution in [0.2, 0.25) is 5.02 Å². The number of halogens is 2. The lowest BCUT2D eigenvalue weighted by Crippen LogP contribution is -2.48. The molecule has 5 nitrogen and oxygen atoms in total. The van der Waals surface area contributed by atoms with Gasteiger partial charge in [-0.15, -0.1) is 0 Å². The summed E-state index contributed by atoms with van der Waals surface area (Å²) in [7, 11) is 0. The Hall–Kier alpha value is -2.38. The molecule has 24 heavy (non-hydrogen) atoms. The summed E-state index contributed by atoms with van der Waals surface area (Å²) in [5, 5.41) is 3.71. The van der Waals surface area contributed by atoms with Gasteiger partial charge in [0.1, 0.15) is 11.6 Å². The van der Waals surface area contributed by atoms with Crippen LogP contribution >= 0.6 is 23.8 Å². The van der Waals surface area contributed by atoms with E-state index in [1.807, 2.05) is 0 Å². The lowest BCUT2D eigenvalue weighted by Gasteiger charge is -2.12. The van der Waals surface area contributed by atoms with E-state index >= 15 is 0 Å². The van der Waals surface area contributed by atoms with Crippen molar-refractivity contribution < 1.29 is 13.9 Å². The third kappa shape index (κ3) is 6.39. The van der Waals surface area contributed by atoms with Gasteiger partial charge in [-0.2, -0.15) is 0 Å². The summed E-state index contributed by atoms with van der Waals surface area (Å²) in [6.45, 7) is 0.235. The highest BCUT2D eigenvalue weighted by molar-refractivity contribution is 7.80. The topological polar surface area (TPSA) is 62.4 Å². The Kier molecular flexibility index (Phi) is 6.77. The highest BCUT2D eigenvalue weighted by Gasteiger charge is 2.04. The molecule has 0 spiro atoms. The van der Waals surface area contributed by atoms with Crippen molar-refractivity contribution in [1.29, 1.82) is 0 Å². The number of ether oxygens (including phenoxy) is 1. The molecule has 8 heteroatoms. The second-order valence-electron chi connectivity index (χ2n) is 4.72. The quantitative estimate of drug-likeness (QED) is 0.560. The van der Waals surface area contributed by atoms with Gasteiger partial charge in [-0.1, -0.05) is 23.7 Å². The molecule has 0 unspecified atom stereocenters. The monoisotopic (exact) mass is 367 g/mol. The number of hydrogen-bond donors (Lipinski definition) is 3. The van der Waals surface area contributed by atoms with Crippen LogP contribution in [0.25, 0.3) is 0 Å². The molecular formula is C16H15ClFN3O2S. The molecule has 0 saturated carbocycles. The lowest BCUT2D eigenvalue weighted by molar-refractivity contribution is -0.123. The highest BCUT2D eigenvalue weighted by atomic mass is 35.5. The van der Waals surface area contributed by atoms with Crippen LogP contribution in [-0.4, -0.2) is 17.6 Å². The van der Waals surface area contributed by atoms with Crippen LogP contribution in [0.3, 0.4) is 0 Å². The molecule has 126 valence electrons. The van der Waals surface area contributed by atoms with E-state index in [4.69, 9.17) is 28.6 Å². The summed E-state index contributed by atoms with van der Waals surface area (Å²) < 4.78 is 18.1. The number of thiocarbonyl (C=S) groups is 1. The molecule has 0 fully saturated rings. The van der Waals surface area contributed by atoms with Crippen LogP contribution in [0, 0.1) is 5.82 Å². The van der Waals surface area contributed by atoms with E-state index in [1.165, 1.54) is 12.1 Å². The van der Waals surface area contributed by atoms with E-state index in [2.05, 4.69) is 16.2 Å². The maximum absolute atomic E-state index is 12.8. The van der Waals surface area contributed by atoms with E-state index < -0.39 is 5.91 Å². The molecule has 1 amide bonds. The average Bonchev–Trinajstić information content (AvgIpc) is 2.59. The van der Waals surface area contributed by atoms with Crippen molar-refractivity contribution >= 4 is 34.8 Å². The third-order valence-electron chi connectivity index (χ3n) is 2.87. The van der Waals surface area contributed by atoms with E-state index in [-0.39, 0.29) is 17.5 Å². The standard InChI is InChI=1S/C16H15ClFN3O2S/c17-12-3-7-14(8-4-12)23-10-15(22)20-21-16(24)19-9-11-1-5-13(18)6-2-11/h1-8H,9-10H2,(H,20,22)(H2,19,21,24). The summed E-state index contributed by atoms with van der Waals surface area (Å²) >= 11 is 10.8. The number of rotatable bonds is 5. The smallest absolute Gasteiger partial charge is 0.276 e. The van der Waals surface area contributed by atoms with E-state index in [1.54, 1.807) is 36.4 Å². The first-order valence-corrected chi connectivity index (χ1v) is 7.77. The number of benzene rings is 2. The summed E-state index contributed by atoms with van der Waals surface area (Å²) in [6.07, 6.45) is 0. The molecule has 0 radical (unpaired) electrons. The minimum absolute atomic E-state index is 0.171. The maximum Gasteiger partial charge on any atom is 0.276 e. The van der Waals surface area contributed by atoms with E-state index in [9.17, 15) is 9.18 Å². The highest BCUT2D eigenvalue weighted by Crippen LogP contribution is 2.15. The fourth-order valence-electron chi connectivity index (χ4n) is 1.67. The minimum atomic E-state index is -0.393. The maximum atomic E-state index is 12.8. The predicted molar refractivity (Wildman–Crippen MR) is 94.1 cm³/mol. The first-order chi connectivity index (χ1) is 11.5. The lowest BCUT2D eigenvalue weighted by atomic mass is 10.2. The summed E-state index contributed by atoms with van der Waals surface area (Å²) in [6, 6.07) is 12.7. The number of carbonyl (C=O) groups excluding carboxylic acids is 1. The Balaban J connectivity index is 1.64. The van der Waals surface area contributed by atoms with Crippen LogP contribution in [0.4, 0.5) is 4.39 Å². The third-order valence-corrected chi connectivity index (χ3v) is 3.36. The van der Waals surface area contributed by atoms with Crippen molar-refractivity contribution in [2.75, 3.05) is 6.61 Å². The van der Waals surface area contributed by atoms with Gasteiger partial charge in [0.25, 0.3) is 5.91 Å². The summed E-state index contributed by atoms with van der Waals surface area (Å²) in [5.74, 6) is -0.158. The van der Waals surface area contributed by atoms with Gasteiger partial charge in [0, 0.05) is 11.6 Å². The normalized spacial score (nSPS) is 9.92. The van der Waals surface area contributed by atoms with Crippen molar-refractivity contribution in [3.63, 3.8) is 0 Å². The minimum Gasteiger partial charge on any atom is -0.484 e. The molecule has 0 bridgehead atoms. The fraction of sp³-hybridized carbons (Fsp3) is 0.125. The van der Waals surface area contributed by atoms with Crippen molar-refractivity contribution in [3.8, 4) is 5.75 Å². The van der Waals surface area contributed by atoms with Crippen molar-refractivity contribution in [2.45, 2.75) is 6.54 Å². The van der Waals surface area contributed by atoms with Crippen LogP contribution < -0.4 is 20.9 Å². The Morgan fingerprint density at radius 3 is 2.42 bits per heavy atom. The largest absolute Gasteiger partial charge is 0.484 e. The molecule has 3 N–H and O–H groups in total. The number of amides is 1. The second-order valence-corrected chi connectivity index (χ2v) is 5.57. The fourth-order valence-corrected chi connectivity index (χ4v) is 1.92. The van der Waals surface area contributed by atoms with Gasteiger partial charge in [0.05, 0.1) is 0 Å². The van der Waals surface area contributed by atoms with Gasteiger partial charge in [-0.3, -0.25) is 15.6 Å². The van der Waals surface area contributed by atoms with Crippen LogP contribution in [0.1, 0.15) is 5.56 Å². The van der Waals surface area contributed by atoms with Gasteiger partial charge in [0.15, 0.2) is 11.7 Å². The molecule has 0 saturated heterocycles. The van der Waals surface area contributed by atoms with Crippen LogP contribution in [-0.2, 0) is 11.3 Å². The van der Waals surface area contributed by atoms with Gasteiger partial charge < -0.3 is 10.1 Å². The molecule has 0 heterocycles. The zero-order valence-corrected chi connectivity index (χ0v) is 14.1. The predicted octanol–water partition coefficient (Wildman–Crippen LogP) is 2.55. The molecule has 0 atom stereocenters. The first kappa shape index (κ1) is 18.0. The van der Waals surface area contributed by atoms with Crippen molar-refractivity contribution in [2.24, 2.45) is 0 Å². The Labute approximate surface area is 149 Å². The molecule has 0 aliphatic heterocycles. The molecule has 2 rings (SSSR count). The van der Waals surface area contributed by atoms with Crippen LogP contribution in [0.15, 0.2) is 48.5 Å². The van der Waals surface area contributed by atoms with E-state index in [0.29, 0.717) is 17.3 Å².